The van der Waals surface area contributed by atoms with Crippen molar-refractivity contribution in [2.45, 2.75) is 111 Å². The Bertz CT molecular complexity index is 549. The lowest BCUT2D eigenvalue weighted by atomic mass is 9.44. The number of fused-ring (bicyclic) bond motifs is 5. The fourth-order valence-electron chi connectivity index (χ4n) is 8.15. The quantitative estimate of drug-likeness (QED) is 0.416. The predicted molar refractivity (Wildman–Crippen MR) is 118 cm³/mol. The second kappa shape index (κ2) is 8.06. The summed E-state index contributed by atoms with van der Waals surface area (Å²) in [5, 5.41) is 10.5. The Kier molecular flexibility index (Phi) is 6.44. The van der Waals surface area contributed by atoms with Crippen LogP contribution in [0.4, 0.5) is 0 Å². The Morgan fingerprint density at radius 2 is 1.64 bits per heavy atom. The SMILES string of the molecule is C=CC1CCC2C3C(OC(C)(C)O)CC4CCCCC4(C)C3CCC12C.CC. The van der Waals surface area contributed by atoms with Crippen LogP contribution in [-0.2, 0) is 4.74 Å². The Morgan fingerprint density at radius 1 is 0.964 bits per heavy atom. The summed E-state index contributed by atoms with van der Waals surface area (Å²) in [4.78, 5) is 0. The Labute approximate surface area is 174 Å². The molecule has 0 spiro atoms. The smallest absolute Gasteiger partial charge is 0.160 e. The molecule has 0 aliphatic heterocycles. The van der Waals surface area contributed by atoms with Crippen LogP contribution >= 0.6 is 0 Å². The number of ether oxygens (including phenoxy) is 1. The Hall–Kier alpha value is -0.340. The fraction of sp³-hybridized carbons (Fsp3) is 0.923. The molecule has 4 fully saturated rings. The summed E-state index contributed by atoms with van der Waals surface area (Å²) in [6, 6.07) is 0. The van der Waals surface area contributed by atoms with Crippen LogP contribution in [-0.4, -0.2) is 17.0 Å². The molecule has 4 aliphatic carbocycles. The molecule has 8 unspecified atom stereocenters. The molecule has 8 atom stereocenters. The van der Waals surface area contributed by atoms with Gasteiger partial charge in [0.2, 0.25) is 0 Å². The molecule has 1 N–H and O–H groups in total. The van der Waals surface area contributed by atoms with Gasteiger partial charge in [0, 0.05) is 0 Å². The van der Waals surface area contributed by atoms with E-state index < -0.39 is 5.79 Å². The number of allylic oxidation sites excluding steroid dienone is 1. The third-order valence-corrected chi connectivity index (χ3v) is 9.37. The standard InChI is InChI=1S/C24H40O2.C2H6/c1-6-16-10-11-18-21-19(12-14-24(16,18)5)23(4)13-8-7-9-17(23)15-20(21)26-22(2,3)25;1-2/h6,16-21,25H,1,7-15H2,2-5H3;1-2H3. The predicted octanol–water partition coefficient (Wildman–Crippen LogP) is 6.97. The number of rotatable bonds is 3. The van der Waals surface area contributed by atoms with Gasteiger partial charge in [-0.1, -0.05) is 46.6 Å². The summed E-state index contributed by atoms with van der Waals surface area (Å²) in [6.07, 6.45) is 14.5. The lowest BCUT2D eigenvalue weighted by molar-refractivity contribution is -0.263. The summed E-state index contributed by atoms with van der Waals surface area (Å²) in [6.45, 7) is 16.9. The van der Waals surface area contributed by atoms with E-state index in [1.54, 1.807) is 0 Å². The fourth-order valence-corrected chi connectivity index (χ4v) is 8.15. The van der Waals surface area contributed by atoms with Gasteiger partial charge in [-0.25, -0.2) is 0 Å². The summed E-state index contributed by atoms with van der Waals surface area (Å²) >= 11 is 0. The summed E-state index contributed by atoms with van der Waals surface area (Å²) < 4.78 is 6.39. The van der Waals surface area contributed by atoms with Crippen molar-refractivity contribution in [3.63, 3.8) is 0 Å². The molecule has 4 aliphatic rings. The van der Waals surface area contributed by atoms with Crippen LogP contribution in [0.15, 0.2) is 12.7 Å². The normalized spacial score (nSPS) is 47.8. The maximum Gasteiger partial charge on any atom is 0.160 e. The van der Waals surface area contributed by atoms with E-state index in [1.165, 1.54) is 51.4 Å². The van der Waals surface area contributed by atoms with Gasteiger partial charge in [-0.2, -0.15) is 0 Å². The van der Waals surface area contributed by atoms with Gasteiger partial charge in [0.25, 0.3) is 0 Å². The molecule has 28 heavy (non-hydrogen) atoms. The average molecular weight is 391 g/mol. The second-order valence-corrected chi connectivity index (χ2v) is 11.0. The molecule has 0 saturated heterocycles. The second-order valence-electron chi connectivity index (χ2n) is 11.0. The van der Waals surface area contributed by atoms with Crippen molar-refractivity contribution in [3.8, 4) is 0 Å². The number of aliphatic hydroxyl groups is 1. The van der Waals surface area contributed by atoms with Gasteiger partial charge < -0.3 is 9.84 Å². The van der Waals surface area contributed by atoms with Crippen LogP contribution in [0.3, 0.4) is 0 Å². The van der Waals surface area contributed by atoms with E-state index in [4.69, 9.17) is 4.74 Å². The van der Waals surface area contributed by atoms with Gasteiger partial charge in [0.05, 0.1) is 6.10 Å². The Morgan fingerprint density at radius 3 is 2.29 bits per heavy atom. The first-order valence-corrected chi connectivity index (χ1v) is 12.2. The van der Waals surface area contributed by atoms with Crippen molar-refractivity contribution in [3.05, 3.63) is 12.7 Å². The zero-order valence-corrected chi connectivity index (χ0v) is 19.5. The molecule has 4 saturated carbocycles. The first kappa shape index (κ1) is 22.3. The lowest BCUT2D eigenvalue weighted by Gasteiger charge is -2.62. The van der Waals surface area contributed by atoms with Gasteiger partial charge in [-0.05, 0) is 99.2 Å². The highest BCUT2D eigenvalue weighted by molar-refractivity contribution is 5.13. The molecule has 0 aromatic rings. The van der Waals surface area contributed by atoms with E-state index in [2.05, 4.69) is 26.5 Å². The summed E-state index contributed by atoms with van der Waals surface area (Å²) in [5.74, 6) is 2.54. The highest BCUT2D eigenvalue weighted by Crippen LogP contribution is 2.68. The molecule has 0 amide bonds. The topological polar surface area (TPSA) is 29.5 Å². The van der Waals surface area contributed by atoms with E-state index in [-0.39, 0.29) is 6.10 Å². The zero-order valence-electron chi connectivity index (χ0n) is 19.5. The maximum atomic E-state index is 10.5. The molecule has 4 rings (SSSR count). The van der Waals surface area contributed by atoms with Crippen LogP contribution in [0.5, 0.6) is 0 Å². The molecule has 0 aromatic carbocycles. The third kappa shape index (κ3) is 3.62. The van der Waals surface area contributed by atoms with Gasteiger partial charge in [-0.3, -0.25) is 0 Å². The van der Waals surface area contributed by atoms with Crippen LogP contribution in [0.1, 0.15) is 99.3 Å². The van der Waals surface area contributed by atoms with Gasteiger partial charge in [0.1, 0.15) is 0 Å². The Balaban J connectivity index is 0.00000109. The highest BCUT2D eigenvalue weighted by Gasteiger charge is 2.62. The zero-order chi connectivity index (χ0) is 20.7. The molecule has 0 aromatic heterocycles. The minimum absolute atomic E-state index is 0.226. The van der Waals surface area contributed by atoms with E-state index in [0.29, 0.717) is 22.7 Å². The number of hydrogen-bond acceptors (Lipinski definition) is 2. The molecule has 0 radical (unpaired) electrons. The lowest BCUT2D eigenvalue weighted by Crippen LogP contribution is -2.59. The monoisotopic (exact) mass is 390 g/mol. The minimum atomic E-state index is -1.03. The minimum Gasteiger partial charge on any atom is -0.366 e. The summed E-state index contributed by atoms with van der Waals surface area (Å²) in [5.41, 5.74) is 0.887. The van der Waals surface area contributed by atoms with Crippen LogP contribution < -0.4 is 0 Å². The van der Waals surface area contributed by atoms with E-state index in [0.717, 1.165) is 24.2 Å². The van der Waals surface area contributed by atoms with E-state index >= 15 is 0 Å². The molecule has 2 nitrogen and oxygen atoms in total. The van der Waals surface area contributed by atoms with Crippen molar-refractivity contribution >= 4 is 0 Å². The van der Waals surface area contributed by atoms with Gasteiger partial charge >= 0.3 is 0 Å². The average Bonchev–Trinajstić information content (AvgIpc) is 2.99. The van der Waals surface area contributed by atoms with Crippen LogP contribution in [0.25, 0.3) is 0 Å². The first-order valence-electron chi connectivity index (χ1n) is 12.2. The van der Waals surface area contributed by atoms with Crippen molar-refractivity contribution in [2.24, 2.45) is 40.4 Å². The van der Waals surface area contributed by atoms with E-state index in [1.807, 2.05) is 27.7 Å². The number of hydrogen-bond donors (Lipinski definition) is 1. The van der Waals surface area contributed by atoms with Gasteiger partial charge in [0.15, 0.2) is 5.79 Å². The summed E-state index contributed by atoms with van der Waals surface area (Å²) in [7, 11) is 0. The van der Waals surface area contributed by atoms with Gasteiger partial charge in [-0.15, -0.1) is 6.58 Å². The van der Waals surface area contributed by atoms with Crippen molar-refractivity contribution in [1.29, 1.82) is 0 Å². The molecular weight excluding hydrogens is 344 g/mol. The molecule has 2 heteroatoms. The maximum absolute atomic E-state index is 10.5. The molecule has 0 bridgehead atoms. The first-order chi connectivity index (χ1) is 13.2. The third-order valence-electron chi connectivity index (χ3n) is 9.37. The largest absolute Gasteiger partial charge is 0.366 e. The molecular formula is C26H46O2. The van der Waals surface area contributed by atoms with Crippen molar-refractivity contribution in [2.75, 3.05) is 0 Å². The van der Waals surface area contributed by atoms with Crippen molar-refractivity contribution < 1.29 is 9.84 Å². The van der Waals surface area contributed by atoms with E-state index in [9.17, 15) is 5.11 Å². The highest BCUT2D eigenvalue weighted by atomic mass is 16.6. The molecule has 162 valence electrons. The van der Waals surface area contributed by atoms with Crippen molar-refractivity contribution in [1.82, 2.24) is 0 Å². The molecule has 0 heterocycles. The van der Waals surface area contributed by atoms with Crippen LogP contribution in [0.2, 0.25) is 0 Å². The van der Waals surface area contributed by atoms with Crippen LogP contribution in [0, 0.1) is 40.4 Å².